The standard InChI is InChI=1S/C16H21Br/c17-15-11-5-10-14(12-6-1-2-7-12)16(15)13-8-3-4-9-13/h5,10-13H,1-4,6-9H2. The summed E-state index contributed by atoms with van der Waals surface area (Å²) in [4.78, 5) is 0. The molecule has 2 saturated carbocycles. The quantitative estimate of drug-likeness (QED) is 0.650. The Kier molecular flexibility index (Phi) is 3.56. The molecule has 0 heterocycles. The number of hydrogen-bond acceptors (Lipinski definition) is 0. The lowest BCUT2D eigenvalue weighted by molar-refractivity contribution is 0.662. The van der Waals surface area contributed by atoms with E-state index in [0.29, 0.717) is 0 Å². The van der Waals surface area contributed by atoms with E-state index < -0.39 is 0 Å². The van der Waals surface area contributed by atoms with E-state index in [4.69, 9.17) is 0 Å². The van der Waals surface area contributed by atoms with E-state index in [1.54, 1.807) is 11.1 Å². The summed E-state index contributed by atoms with van der Waals surface area (Å²) < 4.78 is 1.37. The Morgan fingerprint density at radius 1 is 0.824 bits per heavy atom. The molecule has 1 aromatic rings. The molecule has 0 aliphatic heterocycles. The van der Waals surface area contributed by atoms with Crippen LogP contribution in [-0.4, -0.2) is 0 Å². The Bertz CT molecular complexity index is 385. The number of halogens is 1. The molecule has 3 rings (SSSR count). The van der Waals surface area contributed by atoms with E-state index in [0.717, 1.165) is 11.8 Å². The van der Waals surface area contributed by atoms with Gasteiger partial charge in [0.1, 0.15) is 0 Å². The second-order valence-corrected chi connectivity index (χ2v) is 6.56. The van der Waals surface area contributed by atoms with Gasteiger partial charge in [-0.15, -0.1) is 0 Å². The molecule has 2 aliphatic carbocycles. The van der Waals surface area contributed by atoms with Gasteiger partial charge in [-0.1, -0.05) is 53.7 Å². The number of hydrogen-bond donors (Lipinski definition) is 0. The summed E-state index contributed by atoms with van der Waals surface area (Å²) in [7, 11) is 0. The van der Waals surface area contributed by atoms with Crippen LogP contribution in [0.4, 0.5) is 0 Å². The van der Waals surface area contributed by atoms with Gasteiger partial charge in [-0.3, -0.25) is 0 Å². The molecule has 0 saturated heterocycles. The lowest BCUT2D eigenvalue weighted by Gasteiger charge is -2.21. The zero-order valence-electron chi connectivity index (χ0n) is 10.4. The summed E-state index contributed by atoms with van der Waals surface area (Å²) in [5.74, 6) is 1.68. The lowest BCUT2D eigenvalue weighted by atomic mass is 9.86. The molecule has 0 amide bonds. The van der Waals surface area contributed by atoms with E-state index >= 15 is 0 Å². The highest BCUT2D eigenvalue weighted by atomic mass is 79.9. The smallest absolute Gasteiger partial charge is 0.0212 e. The second kappa shape index (κ2) is 5.14. The normalized spacial score (nSPS) is 22.4. The van der Waals surface area contributed by atoms with Crippen LogP contribution in [-0.2, 0) is 0 Å². The van der Waals surface area contributed by atoms with Gasteiger partial charge in [0.05, 0.1) is 0 Å². The summed E-state index contributed by atoms with van der Waals surface area (Å²) in [6, 6.07) is 6.87. The average Bonchev–Trinajstić information content (AvgIpc) is 3.02. The van der Waals surface area contributed by atoms with Crippen molar-refractivity contribution in [2.45, 2.75) is 63.2 Å². The summed E-state index contributed by atoms with van der Waals surface area (Å²) >= 11 is 3.80. The molecule has 2 fully saturated rings. The van der Waals surface area contributed by atoms with Crippen LogP contribution in [0.2, 0.25) is 0 Å². The SMILES string of the molecule is Brc1cccc(C2CCCC2)c1C1CCCC1. The van der Waals surface area contributed by atoms with Gasteiger partial charge in [0.2, 0.25) is 0 Å². The van der Waals surface area contributed by atoms with E-state index in [-0.39, 0.29) is 0 Å². The molecule has 17 heavy (non-hydrogen) atoms. The van der Waals surface area contributed by atoms with Crippen LogP contribution < -0.4 is 0 Å². The number of rotatable bonds is 2. The first-order chi connectivity index (χ1) is 8.36. The summed E-state index contributed by atoms with van der Waals surface area (Å²) in [6.07, 6.45) is 11.4. The fourth-order valence-electron chi connectivity index (χ4n) is 3.79. The zero-order valence-corrected chi connectivity index (χ0v) is 12.0. The zero-order chi connectivity index (χ0) is 11.7. The molecule has 1 aromatic carbocycles. The van der Waals surface area contributed by atoms with Crippen molar-refractivity contribution in [2.75, 3.05) is 0 Å². The lowest BCUT2D eigenvalue weighted by Crippen LogP contribution is -2.03. The minimum absolute atomic E-state index is 0.834. The maximum Gasteiger partial charge on any atom is 0.0212 e. The van der Waals surface area contributed by atoms with Gasteiger partial charge in [0, 0.05) is 4.47 Å². The summed E-state index contributed by atoms with van der Waals surface area (Å²) in [6.45, 7) is 0. The Balaban J connectivity index is 1.98. The molecular weight excluding hydrogens is 272 g/mol. The van der Waals surface area contributed by atoms with Crippen molar-refractivity contribution in [1.82, 2.24) is 0 Å². The fraction of sp³-hybridized carbons (Fsp3) is 0.625. The third-order valence-corrected chi connectivity index (χ3v) is 5.34. The minimum Gasteiger partial charge on any atom is -0.0608 e. The highest BCUT2D eigenvalue weighted by Gasteiger charge is 2.26. The van der Waals surface area contributed by atoms with Crippen LogP contribution >= 0.6 is 15.9 Å². The largest absolute Gasteiger partial charge is 0.0608 e. The Morgan fingerprint density at radius 2 is 1.41 bits per heavy atom. The predicted molar refractivity (Wildman–Crippen MR) is 76.6 cm³/mol. The van der Waals surface area contributed by atoms with Crippen LogP contribution in [0.15, 0.2) is 22.7 Å². The first-order valence-corrected chi connectivity index (χ1v) is 7.94. The first-order valence-electron chi connectivity index (χ1n) is 7.14. The van der Waals surface area contributed by atoms with Gasteiger partial charge in [0.15, 0.2) is 0 Å². The molecule has 92 valence electrons. The molecular formula is C16H21Br. The van der Waals surface area contributed by atoms with Gasteiger partial charge >= 0.3 is 0 Å². The molecule has 0 atom stereocenters. The Labute approximate surface area is 113 Å². The maximum atomic E-state index is 3.80. The third kappa shape index (κ3) is 2.31. The highest BCUT2D eigenvalue weighted by Crippen LogP contribution is 2.45. The van der Waals surface area contributed by atoms with Gasteiger partial charge in [-0.2, -0.15) is 0 Å². The molecule has 0 bridgehead atoms. The van der Waals surface area contributed by atoms with Crippen LogP contribution in [0.3, 0.4) is 0 Å². The van der Waals surface area contributed by atoms with E-state index in [1.165, 1.54) is 55.8 Å². The van der Waals surface area contributed by atoms with Crippen LogP contribution in [0.5, 0.6) is 0 Å². The monoisotopic (exact) mass is 292 g/mol. The molecule has 2 aliphatic rings. The molecule has 0 radical (unpaired) electrons. The fourth-order valence-corrected chi connectivity index (χ4v) is 4.50. The van der Waals surface area contributed by atoms with E-state index in [9.17, 15) is 0 Å². The molecule has 0 aromatic heterocycles. The van der Waals surface area contributed by atoms with E-state index in [2.05, 4.69) is 34.1 Å². The average molecular weight is 293 g/mol. The van der Waals surface area contributed by atoms with Crippen LogP contribution in [0, 0.1) is 0 Å². The van der Waals surface area contributed by atoms with Crippen LogP contribution in [0.25, 0.3) is 0 Å². The van der Waals surface area contributed by atoms with Gasteiger partial charge < -0.3 is 0 Å². The van der Waals surface area contributed by atoms with Crippen LogP contribution in [0.1, 0.15) is 74.3 Å². The highest BCUT2D eigenvalue weighted by molar-refractivity contribution is 9.10. The molecule has 1 heteroatoms. The van der Waals surface area contributed by atoms with Crippen molar-refractivity contribution >= 4 is 15.9 Å². The van der Waals surface area contributed by atoms with Gasteiger partial charge in [-0.25, -0.2) is 0 Å². The molecule has 0 nitrogen and oxygen atoms in total. The first kappa shape index (κ1) is 11.8. The van der Waals surface area contributed by atoms with E-state index in [1.807, 2.05) is 0 Å². The molecule has 0 unspecified atom stereocenters. The minimum atomic E-state index is 0.834. The summed E-state index contributed by atoms with van der Waals surface area (Å²) in [5.41, 5.74) is 3.33. The topological polar surface area (TPSA) is 0 Å². The van der Waals surface area contributed by atoms with Crippen molar-refractivity contribution in [3.63, 3.8) is 0 Å². The van der Waals surface area contributed by atoms with Gasteiger partial charge in [-0.05, 0) is 54.7 Å². The maximum absolute atomic E-state index is 3.80. The second-order valence-electron chi connectivity index (χ2n) is 5.71. The van der Waals surface area contributed by atoms with Gasteiger partial charge in [0.25, 0.3) is 0 Å². The Hall–Kier alpha value is -0.300. The Morgan fingerprint density at radius 3 is 2.06 bits per heavy atom. The third-order valence-electron chi connectivity index (χ3n) is 4.65. The van der Waals surface area contributed by atoms with Crippen molar-refractivity contribution in [1.29, 1.82) is 0 Å². The predicted octanol–water partition coefficient (Wildman–Crippen LogP) is 5.76. The summed E-state index contributed by atoms with van der Waals surface area (Å²) in [5, 5.41) is 0. The van der Waals surface area contributed by atoms with Crippen molar-refractivity contribution < 1.29 is 0 Å². The molecule has 0 spiro atoms. The van der Waals surface area contributed by atoms with Crippen molar-refractivity contribution in [3.05, 3.63) is 33.8 Å². The van der Waals surface area contributed by atoms with Crippen molar-refractivity contribution in [3.8, 4) is 0 Å². The number of benzene rings is 1. The molecule has 0 N–H and O–H groups in total. The van der Waals surface area contributed by atoms with Crippen molar-refractivity contribution in [2.24, 2.45) is 0 Å².